The van der Waals surface area contributed by atoms with E-state index in [4.69, 9.17) is 9.47 Å². The van der Waals surface area contributed by atoms with Crippen molar-refractivity contribution in [3.05, 3.63) is 47.6 Å². The zero-order chi connectivity index (χ0) is 31.4. The molecule has 1 aliphatic rings. The van der Waals surface area contributed by atoms with E-state index in [0.29, 0.717) is 43.5 Å². The number of ether oxygens (including phenoxy) is 2. The van der Waals surface area contributed by atoms with E-state index >= 15 is 0 Å². The second-order valence-electron chi connectivity index (χ2n) is 11.7. The number of hydrogen-bond donors (Lipinski definition) is 5. The van der Waals surface area contributed by atoms with Gasteiger partial charge >= 0.3 is 5.97 Å². The van der Waals surface area contributed by atoms with Crippen LogP contribution in [0, 0.1) is 23.7 Å². The number of esters is 1. The van der Waals surface area contributed by atoms with Crippen LogP contribution >= 0.6 is 0 Å². The van der Waals surface area contributed by atoms with Gasteiger partial charge in [0.2, 0.25) is 5.91 Å². The van der Waals surface area contributed by atoms with E-state index in [1.807, 2.05) is 52.0 Å². The Morgan fingerprint density at radius 1 is 1.17 bits per heavy atom. The molecule has 0 saturated heterocycles. The quantitative estimate of drug-likeness (QED) is 0.179. The Labute approximate surface area is 250 Å². The van der Waals surface area contributed by atoms with Crippen LogP contribution in [-0.2, 0) is 16.0 Å². The average molecular weight is 590 g/mol. The summed E-state index contributed by atoms with van der Waals surface area (Å²) in [5.41, 5.74) is 0.431. The van der Waals surface area contributed by atoms with Gasteiger partial charge in [-0.15, -0.1) is 0 Å². The Hall–Kier alpha value is -2.88. The molecule has 0 aromatic heterocycles. The number of cyclic esters (lactones) is 1. The van der Waals surface area contributed by atoms with E-state index in [0.717, 1.165) is 6.42 Å². The molecule has 8 unspecified atom stereocenters. The molecule has 1 aromatic carbocycles. The molecule has 0 aliphatic carbocycles. The minimum absolute atomic E-state index is 0.00662. The van der Waals surface area contributed by atoms with Crippen LogP contribution in [0.2, 0.25) is 0 Å². The van der Waals surface area contributed by atoms with Gasteiger partial charge in [0.1, 0.15) is 23.2 Å². The third kappa shape index (κ3) is 10.1. The summed E-state index contributed by atoms with van der Waals surface area (Å²) in [5, 5.41) is 45.5. The number of allylic oxidation sites excluding steroid dienone is 2. The normalized spacial score (nSPS) is 24.2. The van der Waals surface area contributed by atoms with Gasteiger partial charge in [0.15, 0.2) is 0 Å². The lowest BCUT2D eigenvalue weighted by atomic mass is 9.85. The third-order valence-corrected chi connectivity index (χ3v) is 8.35. The number of fused-ring (bicyclic) bond motifs is 1. The fourth-order valence-corrected chi connectivity index (χ4v) is 5.18. The lowest BCUT2D eigenvalue weighted by Gasteiger charge is -2.31. The van der Waals surface area contributed by atoms with Crippen molar-refractivity contribution in [2.24, 2.45) is 23.7 Å². The molecule has 9 nitrogen and oxygen atoms in total. The number of aromatic hydroxyl groups is 1. The molecular weight excluding hydrogens is 538 g/mol. The lowest BCUT2D eigenvalue weighted by Crippen LogP contribution is -2.37. The SMILES string of the molecule is CCCC(O)C(C)C(=O)NC/C=C/CC(C)C(O)C(C)C1C/C=C/CC(C)C(O)Cc2cc(OC)cc(O)c2C(=O)O1. The van der Waals surface area contributed by atoms with Crippen LogP contribution < -0.4 is 10.1 Å². The second-order valence-corrected chi connectivity index (χ2v) is 11.7. The molecule has 236 valence electrons. The van der Waals surface area contributed by atoms with Gasteiger partial charge in [-0.25, -0.2) is 4.79 Å². The molecular formula is C33H51NO8. The Balaban J connectivity index is 2.10. The molecule has 8 atom stereocenters. The molecule has 1 aliphatic heterocycles. The topological polar surface area (TPSA) is 146 Å². The number of carbonyl (C=O) groups is 2. The van der Waals surface area contributed by atoms with Gasteiger partial charge in [-0.1, -0.05) is 65.3 Å². The highest BCUT2D eigenvalue weighted by atomic mass is 16.5. The summed E-state index contributed by atoms with van der Waals surface area (Å²) in [7, 11) is 1.46. The summed E-state index contributed by atoms with van der Waals surface area (Å²) >= 11 is 0. The smallest absolute Gasteiger partial charge is 0.342 e. The highest BCUT2D eigenvalue weighted by Crippen LogP contribution is 2.33. The van der Waals surface area contributed by atoms with Gasteiger partial charge in [0, 0.05) is 24.9 Å². The van der Waals surface area contributed by atoms with Crippen molar-refractivity contribution in [3.63, 3.8) is 0 Å². The van der Waals surface area contributed by atoms with Crippen molar-refractivity contribution in [3.8, 4) is 11.5 Å². The van der Waals surface area contributed by atoms with Crippen molar-refractivity contribution in [2.75, 3.05) is 13.7 Å². The summed E-state index contributed by atoms with van der Waals surface area (Å²) in [5.74, 6) is -1.98. The number of benzene rings is 1. The first-order valence-electron chi connectivity index (χ1n) is 15.1. The predicted octanol–water partition coefficient (Wildman–Crippen LogP) is 4.31. The summed E-state index contributed by atoms with van der Waals surface area (Å²) in [4.78, 5) is 25.6. The molecule has 1 aromatic rings. The van der Waals surface area contributed by atoms with Crippen LogP contribution in [0.3, 0.4) is 0 Å². The zero-order valence-electron chi connectivity index (χ0n) is 26.0. The molecule has 0 saturated carbocycles. The van der Waals surface area contributed by atoms with Crippen molar-refractivity contribution in [1.29, 1.82) is 0 Å². The molecule has 9 heteroatoms. The van der Waals surface area contributed by atoms with Crippen molar-refractivity contribution in [1.82, 2.24) is 5.32 Å². The molecule has 0 radical (unpaired) electrons. The van der Waals surface area contributed by atoms with E-state index in [9.17, 15) is 30.0 Å². The number of aliphatic hydroxyl groups excluding tert-OH is 3. The maximum atomic E-state index is 13.4. The van der Waals surface area contributed by atoms with Crippen molar-refractivity contribution < 1.29 is 39.5 Å². The van der Waals surface area contributed by atoms with Crippen LogP contribution in [0.5, 0.6) is 11.5 Å². The first-order valence-corrected chi connectivity index (χ1v) is 15.1. The predicted molar refractivity (Wildman–Crippen MR) is 162 cm³/mol. The Morgan fingerprint density at radius 3 is 2.52 bits per heavy atom. The van der Waals surface area contributed by atoms with Crippen LogP contribution in [0.25, 0.3) is 0 Å². The van der Waals surface area contributed by atoms with E-state index < -0.39 is 42.2 Å². The standard InChI is InChI=1S/C33H51NO8/c1-7-12-26(35)22(4)32(39)34-16-11-10-14-21(3)31(38)23(5)29-15-9-8-13-20(2)27(36)18-24-17-25(41-6)19-28(37)30(24)33(40)42-29/h8-11,17,19-23,26-27,29,31,35-38H,7,12-16,18H2,1-6H3,(H,34,39)/b9-8+,11-10+. The molecule has 5 N–H and O–H groups in total. The molecule has 0 bridgehead atoms. The van der Waals surface area contributed by atoms with Crippen LogP contribution in [0.15, 0.2) is 36.4 Å². The summed E-state index contributed by atoms with van der Waals surface area (Å²) < 4.78 is 11.2. The fourth-order valence-electron chi connectivity index (χ4n) is 5.18. The Kier molecular flexibility index (Phi) is 14.5. The lowest BCUT2D eigenvalue weighted by molar-refractivity contribution is -0.127. The highest BCUT2D eigenvalue weighted by Gasteiger charge is 2.32. The first kappa shape index (κ1) is 35.3. The van der Waals surface area contributed by atoms with Crippen molar-refractivity contribution in [2.45, 2.75) is 97.6 Å². The maximum absolute atomic E-state index is 13.4. The summed E-state index contributed by atoms with van der Waals surface area (Å²) in [6.45, 7) is 9.68. The van der Waals surface area contributed by atoms with E-state index in [-0.39, 0.29) is 35.5 Å². The number of phenols is 1. The van der Waals surface area contributed by atoms with E-state index in [1.165, 1.54) is 13.2 Å². The van der Waals surface area contributed by atoms with Gasteiger partial charge in [-0.2, -0.15) is 0 Å². The van der Waals surface area contributed by atoms with Gasteiger partial charge in [-0.3, -0.25) is 4.79 Å². The monoisotopic (exact) mass is 589 g/mol. The summed E-state index contributed by atoms with van der Waals surface area (Å²) in [6.07, 6.45) is 7.82. The number of rotatable bonds is 12. The van der Waals surface area contributed by atoms with Crippen LogP contribution in [0.4, 0.5) is 0 Å². The minimum atomic E-state index is -0.794. The second kappa shape index (κ2) is 17.3. The number of nitrogens with one attached hydrogen (secondary N) is 1. The van der Waals surface area contributed by atoms with E-state index in [1.54, 1.807) is 13.0 Å². The van der Waals surface area contributed by atoms with Crippen molar-refractivity contribution >= 4 is 11.9 Å². The number of methoxy groups -OCH3 is 1. The minimum Gasteiger partial charge on any atom is -0.507 e. The third-order valence-electron chi connectivity index (χ3n) is 8.35. The maximum Gasteiger partial charge on any atom is 0.342 e. The van der Waals surface area contributed by atoms with Crippen LogP contribution in [0.1, 0.15) is 82.6 Å². The Bertz CT molecular complexity index is 1070. The molecule has 2 rings (SSSR count). The van der Waals surface area contributed by atoms with Gasteiger partial charge in [0.05, 0.1) is 31.3 Å². The fraction of sp³-hybridized carbons (Fsp3) is 0.636. The molecule has 1 heterocycles. The number of carbonyl (C=O) groups excluding carboxylic acids is 2. The van der Waals surface area contributed by atoms with E-state index in [2.05, 4.69) is 5.32 Å². The number of hydrogen-bond acceptors (Lipinski definition) is 8. The highest BCUT2D eigenvalue weighted by molar-refractivity contribution is 5.94. The summed E-state index contributed by atoms with van der Waals surface area (Å²) in [6, 6.07) is 2.98. The zero-order valence-corrected chi connectivity index (χ0v) is 26.0. The molecule has 0 spiro atoms. The number of phenolic OH excluding ortho intramolecular Hbond substituents is 1. The van der Waals surface area contributed by atoms with Gasteiger partial charge in [0.25, 0.3) is 0 Å². The van der Waals surface area contributed by atoms with Gasteiger partial charge < -0.3 is 35.2 Å². The first-order chi connectivity index (χ1) is 19.9. The van der Waals surface area contributed by atoms with Crippen LogP contribution in [-0.4, -0.2) is 70.4 Å². The largest absolute Gasteiger partial charge is 0.507 e. The molecule has 1 amide bonds. The van der Waals surface area contributed by atoms with Gasteiger partial charge in [-0.05, 0) is 49.1 Å². The molecule has 42 heavy (non-hydrogen) atoms. The Morgan fingerprint density at radius 2 is 1.86 bits per heavy atom. The number of amides is 1. The molecule has 0 fully saturated rings. The average Bonchev–Trinajstić information content (AvgIpc) is 2.95. The number of aliphatic hydroxyl groups is 3.